The lowest BCUT2D eigenvalue weighted by atomic mass is 10.0. The Kier molecular flexibility index (Phi) is 7.49. The molecule has 1 N–H and O–H groups in total. The number of nitrogens with zero attached hydrogens (tertiary/aromatic N) is 4. The van der Waals surface area contributed by atoms with Gasteiger partial charge in [-0.15, -0.1) is 12.4 Å². The predicted octanol–water partition coefficient (Wildman–Crippen LogP) is 3.31. The highest BCUT2D eigenvalue weighted by Crippen LogP contribution is 2.23. The molecule has 3 rings (SSSR count). The average molecular weight is 370 g/mol. The molecule has 24 heavy (non-hydrogen) atoms. The van der Waals surface area contributed by atoms with Crippen LogP contribution in [-0.4, -0.2) is 45.3 Å². The summed E-state index contributed by atoms with van der Waals surface area (Å²) in [5.41, 5.74) is 2.26. The Labute approximate surface area is 154 Å². The molecular formula is C17H25Cl2N5. The maximum atomic E-state index is 6.20. The second-order valence-electron chi connectivity index (χ2n) is 6.06. The van der Waals surface area contributed by atoms with E-state index >= 15 is 0 Å². The van der Waals surface area contributed by atoms with Gasteiger partial charge in [-0.1, -0.05) is 24.6 Å². The van der Waals surface area contributed by atoms with Crippen LogP contribution in [0.4, 0.5) is 0 Å². The lowest BCUT2D eigenvalue weighted by Crippen LogP contribution is -2.43. The van der Waals surface area contributed by atoms with Gasteiger partial charge in [0.25, 0.3) is 0 Å². The van der Waals surface area contributed by atoms with Crippen molar-refractivity contribution >= 4 is 24.0 Å². The second kappa shape index (κ2) is 9.37. The second-order valence-corrected chi connectivity index (χ2v) is 6.50. The first-order valence-electron chi connectivity index (χ1n) is 8.36. The highest BCUT2D eigenvalue weighted by atomic mass is 35.5. The van der Waals surface area contributed by atoms with Crippen molar-refractivity contribution in [1.29, 1.82) is 0 Å². The normalized spacial score (nSPS) is 15.5. The number of aromatic nitrogens is 3. The molecule has 0 saturated carbocycles. The van der Waals surface area contributed by atoms with Gasteiger partial charge in [-0.25, -0.2) is 9.67 Å². The van der Waals surface area contributed by atoms with Crippen molar-refractivity contribution < 1.29 is 0 Å². The molecule has 1 aromatic heterocycles. The first kappa shape index (κ1) is 19.2. The van der Waals surface area contributed by atoms with Gasteiger partial charge >= 0.3 is 0 Å². The summed E-state index contributed by atoms with van der Waals surface area (Å²) in [4.78, 5) is 6.66. The number of rotatable bonds is 6. The van der Waals surface area contributed by atoms with Crippen LogP contribution in [0, 0.1) is 0 Å². The number of piperidine rings is 1. The molecule has 1 saturated heterocycles. The molecule has 5 nitrogen and oxygen atoms in total. The van der Waals surface area contributed by atoms with Crippen molar-refractivity contribution in [1.82, 2.24) is 25.0 Å². The Morgan fingerprint density at radius 2 is 2.12 bits per heavy atom. The largest absolute Gasteiger partial charge is 0.317 e. The molecule has 0 amide bonds. The molecular weight excluding hydrogens is 345 g/mol. The van der Waals surface area contributed by atoms with E-state index in [0.29, 0.717) is 6.04 Å². The van der Waals surface area contributed by atoms with E-state index in [9.17, 15) is 0 Å². The van der Waals surface area contributed by atoms with E-state index < -0.39 is 0 Å². The number of halogens is 2. The van der Waals surface area contributed by atoms with Crippen LogP contribution in [0.25, 0.3) is 5.69 Å². The Balaban J connectivity index is 0.00000208. The van der Waals surface area contributed by atoms with Gasteiger partial charge in [0, 0.05) is 17.6 Å². The predicted molar refractivity (Wildman–Crippen MR) is 100 cm³/mol. The van der Waals surface area contributed by atoms with Gasteiger partial charge in [-0.3, -0.25) is 4.90 Å². The zero-order valence-electron chi connectivity index (χ0n) is 14.0. The Bertz CT molecular complexity index is 611. The quantitative estimate of drug-likeness (QED) is 0.848. The van der Waals surface area contributed by atoms with Crippen LogP contribution >= 0.6 is 24.0 Å². The van der Waals surface area contributed by atoms with Crippen molar-refractivity contribution in [2.75, 3.05) is 19.6 Å². The minimum atomic E-state index is 0. The molecule has 0 bridgehead atoms. The fourth-order valence-corrected chi connectivity index (χ4v) is 3.45. The fraction of sp³-hybridized carbons (Fsp3) is 0.529. The lowest BCUT2D eigenvalue weighted by Gasteiger charge is -2.35. The fourth-order valence-electron chi connectivity index (χ4n) is 3.29. The maximum absolute atomic E-state index is 6.20. The molecule has 2 heterocycles. The third-order valence-electron chi connectivity index (χ3n) is 4.42. The van der Waals surface area contributed by atoms with E-state index in [-0.39, 0.29) is 12.4 Å². The molecule has 0 radical (unpaired) electrons. The van der Waals surface area contributed by atoms with Crippen molar-refractivity contribution in [3.05, 3.63) is 41.4 Å². The summed E-state index contributed by atoms with van der Waals surface area (Å²) in [7, 11) is 0. The molecule has 1 fully saturated rings. The van der Waals surface area contributed by atoms with Crippen molar-refractivity contribution in [3.8, 4) is 5.69 Å². The average Bonchev–Trinajstić information content (AvgIpc) is 3.11. The van der Waals surface area contributed by atoms with Crippen molar-refractivity contribution in [3.63, 3.8) is 0 Å². The van der Waals surface area contributed by atoms with E-state index in [4.69, 9.17) is 11.6 Å². The molecule has 1 aliphatic heterocycles. The van der Waals surface area contributed by atoms with Crippen molar-refractivity contribution in [2.45, 2.75) is 38.8 Å². The van der Waals surface area contributed by atoms with Gasteiger partial charge in [-0.05, 0) is 56.6 Å². The standard InChI is InChI=1S/C17H24ClN5.ClH/c1-2-9-22(16-5-7-19-8-6-16)11-14-3-4-15(18)10-17(14)23-13-20-12-21-23;/h3-4,10,12-13,16,19H,2,5-9,11H2,1H3;1H. The van der Waals surface area contributed by atoms with Gasteiger partial charge in [0.15, 0.2) is 0 Å². The molecule has 1 aromatic carbocycles. The summed E-state index contributed by atoms with van der Waals surface area (Å²) in [6.07, 6.45) is 6.87. The molecule has 0 unspecified atom stereocenters. The van der Waals surface area contributed by atoms with E-state index in [1.807, 2.05) is 12.1 Å². The summed E-state index contributed by atoms with van der Waals surface area (Å²) < 4.78 is 1.80. The van der Waals surface area contributed by atoms with E-state index in [2.05, 4.69) is 33.3 Å². The van der Waals surface area contributed by atoms with Gasteiger partial charge in [-0.2, -0.15) is 5.10 Å². The third kappa shape index (κ3) is 4.70. The van der Waals surface area contributed by atoms with Crippen LogP contribution < -0.4 is 5.32 Å². The molecule has 0 atom stereocenters. The van der Waals surface area contributed by atoms with Crippen LogP contribution in [0.2, 0.25) is 5.02 Å². The zero-order valence-corrected chi connectivity index (χ0v) is 15.6. The first-order valence-corrected chi connectivity index (χ1v) is 8.74. The van der Waals surface area contributed by atoms with E-state index in [1.54, 1.807) is 17.3 Å². The molecule has 0 spiro atoms. The Morgan fingerprint density at radius 1 is 1.33 bits per heavy atom. The van der Waals surface area contributed by atoms with Crippen LogP contribution in [0.3, 0.4) is 0 Å². The highest BCUT2D eigenvalue weighted by molar-refractivity contribution is 6.30. The van der Waals surface area contributed by atoms with Gasteiger partial charge in [0.1, 0.15) is 12.7 Å². The van der Waals surface area contributed by atoms with Crippen molar-refractivity contribution in [2.24, 2.45) is 0 Å². The highest BCUT2D eigenvalue weighted by Gasteiger charge is 2.21. The Morgan fingerprint density at radius 3 is 2.79 bits per heavy atom. The maximum Gasteiger partial charge on any atom is 0.138 e. The molecule has 0 aliphatic carbocycles. The number of nitrogens with one attached hydrogen (secondary N) is 1. The smallest absolute Gasteiger partial charge is 0.138 e. The van der Waals surface area contributed by atoms with E-state index in [0.717, 1.165) is 43.3 Å². The van der Waals surface area contributed by atoms with Gasteiger partial charge < -0.3 is 5.32 Å². The first-order chi connectivity index (χ1) is 11.3. The van der Waals surface area contributed by atoms with Crippen LogP contribution in [-0.2, 0) is 6.54 Å². The lowest BCUT2D eigenvalue weighted by molar-refractivity contribution is 0.154. The molecule has 132 valence electrons. The minimum Gasteiger partial charge on any atom is -0.317 e. The summed E-state index contributed by atoms with van der Waals surface area (Å²) in [5.74, 6) is 0. The van der Waals surface area contributed by atoms with Crippen LogP contribution in [0.15, 0.2) is 30.9 Å². The topological polar surface area (TPSA) is 46.0 Å². The van der Waals surface area contributed by atoms with Gasteiger partial charge in [0.05, 0.1) is 5.69 Å². The van der Waals surface area contributed by atoms with Crippen LogP contribution in [0.1, 0.15) is 31.7 Å². The van der Waals surface area contributed by atoms with Gasteiger partial charge in [0.2, 0.25) is 0 Å². The van der Waals surface area contributed by atoms with Crippen LogP contribution in [0.5, 0.6) is 0 Å². The molecule has 2 aromatic rings. The monoisotopic (exact) mass is 369 g/mol. The zero-order chi connectivity index (χ0) is 16.1. The minimum absolute atomic E-state index is 0. The summed E-state index contributed by atoms with van der Waals surface area (Å²) >= 11 is 6.20. The number of hydrogen-bond acceptors (Lipinski definition) is 4. The SMILES string of the molecule is CCCN(Cc1ccc(Cl)cc1-n1cncn1)C1CCNCC1.Cl. The third-order valence-corrected chi connectivity index (χ3v) is 4.66. The summed E-state index contributed by atoms with van der Waals surface area (Å²) in [5, 5.41) is 8.45. The molecule has 7 heteroatoms. The molecule has 1 aliphatic rings. The number of hydrogen-bond donors (Lipinski definition) is 1. The number of benzene rings is 1. The summed E-state index contributed by atoms with van der Waals surface area (Å²) in [6.45, 7) is 6.51. The van der Waals surface area contributed by atoms with E-state index in [1.165, 1.54) is 18.4 Å². The Hall–Kier alpha value is -1.14. The summed E-state index contributed by atoms with van der Waals surface area (Å²) in [6, 6.07) is 6.70.